The fourth-order valence-corrected chi connectivity index (χ4v) is 3.06. The summed E-state index contributed by atoms with van der Waals surface area (Å²) in [4.78, 5) is 10.8. The second-order valence-corrected chi connectivity index (χ2v) is 7.36. The average Bonchev–Trinajstić information content (AvgIpc) is 2.60. The van der Waals surface area contributed by atoms with E-state index >= 15 is 0 Å². The molecule has 0 aromatic rings. The molecular formula is C23H43NO. The van der Waals surface area contributed by atoms with Crippen molar-refractivity contribution < 1.29 is 4.79 Å². The highest BCUT2D eigenvalue weighted by Crippen LogP contribution is 2.13. The van der Waals surface area contributed by atoms with E-state index in [1.165, 1.54) is 96.3 Å². The quantitative estimate of drug-likeness (QED) is 0.149. The van der Waals surface area contributed by atoms with Crippen LogP contribution in [0.1, 0.15) is 116 Å². The summed E-state index contributed by atoms with van der Waals surface area (Å²) in [6, 6.07) is 0. The minimum Gasteiger partial charge on any atom is -0.366 e. The van der Waals surface area contributed by atoms with Gasteiger partial charge in [0.15, 0.2) is 0 Å². The van der Waals surface area contributed by atoms with Crippen LogP contribution in [-0.2, 0) is 4.79 Å². The van der Waals surface area contributed by atoms with Gasteiger partial charge in [0, 0.05) is 5.57 Å². The Balaban J connectivity index is 3.14. The van der Waals surface area contributed by atoms with E-state index < -0.39 is 0 Å². The first-order valence-electron chi connectivity index (χ1n) is 10.8. The van der Waals surface area contributed by atoms with Crippen molar-refractivity contribution in [3.8, 4) is 0 Å². The van der Waals surface area contributed by atoms with Crippen LogP contribution in [0, 0.1) is 0 Å². The van der Waals surface area contributed by atoms with Gasteiger partial charge in [0.2, 0.25) is 5.91 Å². The van der Waals surface area contributed by atoms with Crippen molar-refractivity contribution in [2.24, 2.45) is 5.73 Å². The minimum atomic E-state index is -0.346. The van der Waals surface area contributed by atoms with Crippen molar-refractivity contribution in [1.29, 1.82) is 0 Å². The van der Waals surface area contributed by atoms with Crippen molar-refractivity contribution in [2.45, 2.75) is 116 Å². The molecule has 2 heteroatoms. The third-order valence-corrected chi connectivity index (χ3v) is 4.84. The molecule has 2 N–H and O–H groups in total. The Labute approximate surface area is 157 Å². The van der Waals surface area contributed by atoms with Crippen molar-refractivity contribution in [2.75, 3.05) is 0 Å². The average molecular weight is 350 g/mol. The summed E-state index contributed by atoms with van der Waals surface area (Å²) in [5, 5.41) is 0. The maximum absolute atomic E-state index is 10.8. The molecule has 146 valence electrons. The zero-order valence-electron chi connectivity index (χ0n) is 16.9. The molecule has 25 heavy (non-hydrogen) atoms. The van der Waals surface area contributed by atoms with E-state index in [4.69, 9.17) is 5.73 Å². The standard InChI is InChI=1S/C23H43NO/c1-3-4-5-6-7-8-9-10-11-12-13-14-15-16-17-18-19-20-21-22(2)23(24)25/h10-11H,2-9,12-21H2,1H3,(H2,24,25)/b11-10-. The number of nitrogens with two attached hydrogens (primary N) is 1. The monoisotopic (exact) mass is 349 g/mol. The van der Waals surface area contributed by atoms with E-state index in [1.807, 2.05) is 0 Å². The lowest BCUT2D eigenvalue weighted by molar-refractivity contribution is -0.114. The Morgan fingerprint density at radius 3 is 1.56 bits per heavy atom. The Kier molecular flexibility index (Phi) is 18.5. The molecule has 0 aromatic carbocycles. The van der Waals surface area contributed by atoms with Crippen LogP contribution >= 0.6 is 0 Å². The van der Waals surface area contributed by atoms with E-state index in [-0.39, 0.29) is 5.91 Å². The van der Waals surface area contributed by atoms with Gasteiger partial charge in [-0.3, -0.25) is 4.79 Å². The summed E-state index contributed by atoms with van der Waals surface area (Å²) in [5.74, 6) is -0.346. The molecule has 0 atom stereocenters. The normalized spacial score (nSPS) is 11.2. The van der Waals surface area contributed by atoms with Gasteiger partial charge in [-0.15, -0.1) is 0 Å². The predicted octanol–water partition coefficient (Wildman–Crippen LogP) is 7.24. The van der Waals surface area contributed by atoms with Crippen molar-refractivity contribution in [3.05, 3.63) is 24.3 Å². The molecule has 0 saturated heterocycles. The van der Waals surface area contributed by atoms with Crippen LogP contribution in [-0.4, -0.2) is 5.91 Å². The van der Waals surface area contributed by atoms with E-state index in [9.17, 15) is 4.79 Å². The van der Waals surface area contributed by atoms with Crippen LogP contribution < -0.4 is 5.73 Å². The maximum Gasteiger partial charge on any atom is 0.244 e. The highest BCUT2D eigenvalue weighted by molar-refractivity contribution is 5.91. The van der Waals surface area contributed by atoms with Gasteiger partial charge in [0.05, 0.1) is 0 Å². The number of unbranched alkanes of at least 4 members (excludes halogenated alkanes) is 14. The van der Waals surface area contributed by atoms with Crippen LogP contribution in [0.25, 0.3) is 0 Å². The van der Waals surface area contributed by atoms with Crippen LogP contribution in [0.15, 0.2) is 24.3 Å². The molecule has 0 fully saturated rings. The molecule has 0 unspecified atom stereocenters. The minimum absolute atomic E-state index is 0.346. The lowest BCUT2D eigenvalue weighted by Crippen LogP contribution is -2.12. The zero-order chi connectivity index (χ0) is 18.6. The molecule has 0 bridgehead atoms. The van der Waals surface area contributed by atoms with Crippen LogP contribution in [0.3, 0.4) is 0 Å². The van der Waals surface area contributed by atoms with Gasteiger partial charge >= 0.3 is 0 Å². The van der Waals surface area contributed by atoms with Gasteiger partial charge in [-0.1, -0.05) is 96.3 Å². The van der Waals surface area contributed by atoms with Crippen molar-refractivity contribution >= 4 is 5.91 Å². The first-order chi connectivity index (χ1) is 12.2. The fourth-order valence-electron chi connectivity index (χ4n) is 3.06. The van der Waals surface area contributed by atoms with Gasteiger partial charge < -0.3 is 5.73 Å². The highest BCUT2D eigenvalue weighted by Gasteiger charge is 2.00. The summed E-state index contributed by atoms with van der Waals surface area (Å²) in [7, 11) is 0. The molecule has 2 nitrogen and oxygen atoms in total. The molecule has 1 amide bonds. The smallest absolute Gasteiger partial charge is 0.244 e. The van der Waals surface area contributed by atoms with Gasteiger partial charge in [-0.2, -0.15) is 0 Å². The van der Waals surface area contributed by atoms with E-state index in [1.54, 1.807) is 0 Å². The van der Waals surface area contributed by atoms with Gasteiger partial charge in [-0.05, 0) is 38.5 Å². The molecule has 0 spiro atoms. The molecule has 0 heterocycles. The van der Waals surface area contributed by atoms with Crippen LogP contribution in [0.4, 0.5) is 0 Å². The SMILES string of the molecule is C=C(CCCCCCCCCC/C=C\CCCCCCCC)C(N)=O. The zero-order valence-corrected chi connectivity index (χ0v) is 16.9. The van der Waals surface area contributed by atoms with Crippen molar-refractivity contribution in [1.82, 2.24) is 0 Å². The lowest BCUT2D eigenvalue weighted by Gasteiger charge is -2.02. The Hall–Kier alpha value is -1.05. The van der Waals surface area contributed by atoms with Gasteiger partial charge in [0.25, 0.3) is 0 Å². The first-order valence-corrected chi connectivity index (χ1v) is 10.8. The van der Waals surface area contributed by atoms with E-state index in [0.29, 0.717) is 5.57 Å². The number of hydrogen-bond donors (Lipinski definition) is 1. The molecule has 0 aliphatic heterocycles. The number of amides is 1. The molecule has 0 rings (SSSR count). The number of primary amides is 1. The summed E-state index contributed by atoms with van der Waals surface area (Å²) >= 11 is 0. The van der Waals surface area contributed by atoms with E-state index in [0.717, 1.165) is 12.8 Å². The first kappa shape index (κ1) is 23.9. The summed E-state index contributed by atoms with van der Waals surface area (Å²) in [6.45, 7) is 5.96. The Morgan fingerprint density at radius 2 is 1.12 bits per heavy atom. The fraction of sp³-hybridized carbons (Fsp3) is 0.783. The lowest BCUT2D eigenvalue weighted by atomic mass is 10.0. The number of carbonyl (C=O) groups excluding carboxylic acids is 1. The maximum atomic E-state index is 10.8. The third-order valence-electron chi connectivity index (χ3n) is 4.84. The van der Waals surface area contributed by atoms with Crippen molar-refractivity contribution in [3.63, 3.8) is 0 Å². The molecule has 0 aliphatic carbocycles. The van der Waals surface area contributed by atoms with E-state index in [2.05, 4.69) is 25.7 Å². The topological polar surface area (TPSA) is 43.1 Å². The summed E-state index contributed by atoms with van der Waals surface area (Å²) in [5.41, 5.74) is 5.74. The highest BCUT2D eigenvalue weighted by atomic mass is 16.1. The summed E-state index contributed by atoms with van der Waals surface area (Å²) < 4.78 is 0. The third kappa shape index (κ3) is 19.1. The second kappa shape index (κ2) is 19.3. The number of carbonyl (C=O) groups is 1. The summed E-state index contributed by atoms with van der Waals surface area (Å²) in [6.07, 6.45) is 26.6. The Morgan fingerprint density at radius 1 is 0.720 bits per heavy atom. The number of allylic oxidation sites excluding steroid dienone is 2. The molecule has 0 radical (unpaired) electrons. The van der Waals surface area contributed by atoms with Crippen LogP contribution in [0.5, 0.6) is 0 Å². The number of rotatable bonds is 19. The van der Waals surface area contributed by atoms with Gasteiger partial charge in [-0.25, -0.2) is 0 Å². The second-order valence-electron chi connectivity index (χ2n) is 7.36. The Bertz CT molecular complexity index is 346. The number of hydrogen-bond acceptors (Lipinski definition) is 1. The van der Waals surface area contributed by atoms with Crippen LogP contribution in [0.2, 0.25) is 0 Å². The van der Waals surface area contributed by atoms with Gasteiger partial charge in [0.1, 0.15) is 0 Å². The predicted molar refractivity (Wildman–Crippen MR) is 112 cm³/mol. The molecule has 0 aromatic heterocycles. The molecule has 0 saturated carbocycles. The molecule has 0 aliphatic rings. The largest absolute Gasteiger partial charge is 0.366 e. The molecular weight excluding hydrogens is 306 g/mol.